The normalized spacial score (nSPS) is 10.7. The minimum atomic E-state index is -0.439. The zero-order chi connectivity index (χ0) is 19.6. The van der Waals surface area contributed by atoms with Crippen LogP contribution in [0.2, 0.25) is 0 Å². The summed E-state index contributed by atoms with van der Waals surface area (Å²) in [4.78, 5) is 24.0. The summed E-state index contributed by atoms with van der Waals surface area (Å²) in [7, 11) is 0. The first kappa shape index (κ1) is 18.2. The van der Waals surface area contributed by atoms with E-state index < -0.39 is 5.43 Å². The molecule has 0 fully saturated rings. The minimum absolute atomic E-state index is 0.0183. The predicted molar refractivity (Wildman–Crippen MR) is 101 cm³/mol. The summed E-state index contributed by atoms with van der Waals surface area (Å²) in [5.74, 6) is 0.0452. The maximum atomic E-state index is 12.4. The molecule has 0 aliphatic heterocycles. The summed E-state index contributed by atoms with van der Waals surface area (Å²) in [5.41, 5.74) is 0.131. The largest absolute Gasteiger partial charge is 0.507 e. The van der Waals surface area contributed by atoms with Crippen LogP contribution in [0.25, 0.3) is 22.3 Å². The monoisotopic (exact) mass is 368 g/mol. The van der Waals surface area contributed by atoms with Crippen molar-refractivity contribution in [2.24, 2.45) is 0 Å². The van der Waals surface area contributed by atoms with Gasteiger partial charge in [-0.2, -0.15) is 0 Å². The highest BCUT2D eigenvalue weighted by Gasteiger charge is 2.18. The number of phenols is 2. The number of nitroso groups, excluding NO2 is 1. The number of nitrogens with zero attached hydrogens (tertiary/aromatic N) is 1. The predicted octanol–water partition coefficient (Wildman–Crippen LogP) is 4.21. The van der Waals surface area contributed by atoms with Crippen LogP contribution in [0.1, 0.15) is 13.3 Å². The van der Waals surface area contributed by atoms with Crippen LogP contribution in [-0.2, 0) is 0 Å². The second-order valence-electron chi connectivity index (χ2n) is 5.85. The molecule has 0 radical (unpaired) electrons. The third-order valence-electron chi connectivity index (χ3n) is 3.92. The van der Waals surface area contributed by atoms with Gasteiger partial charge in [0.1, 0.15) is 28.2 Å². The van der Waals surface area contributed by atoms with Crippen molar-refractivity contribution in [1.29, 1.82) is 0 Å². The highest BCUT2D eigenvalue weighted by atomic mass is 16.5. The highest BCUT2D eigenvalue weighted by molar-refractivity contribution is 5.86. The highest BCUT2D eigenvalue weighted by Crippen LogP contribution is 2.34. The van der Waals surface area contributed by atoms with E-state index in [1.54, 1.807) is 0 Å². The Kier molecular flexibility index (Phi) is 4.94. The van der Waals surface area contributed by atoms with Crippen molar-refractivity contribution in [3.05, 3.63) is 64.3 Å². The molecule has 27 heavy (non-hydrogen) atoms. The molecule has 7 nitrogen and oxygen atoms in total. The van der Waals surface area contributed by atoms with Gasteiger partial charge in [0.15, 0.2) is 11.2 Å². The second kappa shape index (κ2) is 7.33. The maximum absolute atomic E-state index is 12.4. The molecule has 0 aliphatic rings. The Morgan fingerprint density at radius 2 is 1.96 bits per heavy atom. The number of benzene rings is 2. The quantitative estimate of drug-likeness (QED) is 0.632. The van der Waals surface area contributed by atoms with E-state index in [1.165, 1.54) is 36.4 Å². The molecule has 7 heteroatoms. The fourth-order valence-corrected chi connectivity index (χ4v) is 2.65. The van der Waals surface area contributed by atoms with E-state index in [1.807, 2.05) is 6.92 Å². The van der Waals surface area contributed by atoms with Crippen molar-refractivity contribution in [1.82, 2.24) is 0 Å². The summed E-state index contributed by atoms with van der Waals surface area (Å²) in [5, 5.41) is 20.2. The van der Waals surface area contributed by atoms with Crippen molar-refractivity contribution in [3.63, 3.8) is 0 Å². The maximum Gasteiger partial charge on any atom is 0.304 e. The number of hydrogen-bond acceptors (Lipinski definition) is 6. The Morgan fingerprint density at radius 1 is 1.19 bits per heavy atom. The molecule has 138 valence electrons. The Morgan fingerprint density at radius 3 is 2.63 bits per heavy atom. The number of aromatic hydroxyl groups is 2. The molecular weight excluding hydrogens is 350 g/mol. The molecule has 0 atom stereocenters. The van der Waals surface area contributed by atoms with Crippen molar-refractivity contribution in [2.75, 3.05) is 6.61 Å². The molecule has 0 bridgehead atoms. The third-order valence-corrected chi connectivity index (χ3v) is 3.92. The average Bonchev–Trinajstić information content (AvgIpc) is 2.65. The van der Waals surface area contributed by atoms with E-state index in [4.69, 9.17) is 9.15 Å². The molecule has 3 aromatic rings. The summed E-state index contributed by atoms with van der Waals surface area (Å²) < 4.78 is 11.7. The molecule has 0 saturated carbocycles. The molecule has 3 rings (SSSR count). The Bertz CT molecular complexity index is 1100. The van der Waals surface area contributed by atoms with E-state index in [2.05, 4.69) is 6.58 Å². The topological polar surface area (TPSA) is 100.0 Å². The molecule has 2 N–H and O–H groups in total. The third kappa shape index (κ3) is 3.52. The molecule has 0 spiro atoms. The minimum Gasteiger partial charge on any atom is -0.507 e. The number of rotatable bonds is 6. The lowest BCUT2D eigenvalue weighted by molar-refractivity contribution is -0.384. The van der Waals surface area contributed by atoms with Gasteiger partial charge in [-0.1, -0.05) is 6.92 Å². The Labute approximate surface area is 154 Å². The molecule has 0 unspecified atom stereocenters. The zero-order valence-corrected chi connectivity index (χ0v) is 14.6. The van der Waals surface area contributed by atoms with Gasteiger partial charge in [-0.15, -0.1) is 0 Å². The Balaban J connectivity index is 2.12. The van der Waals surface area contributed by atoms with Gasteiger partial charge in [-0.05, 0) is 25.1 Å². The Hall–Kier alpha value is -3.61. The number of fused-ring (bicyclic) bond motifs is 1. The number of ether oxygens (including phenoxy) is 1. The van der Waals surface area contributed by atoms with Crippen LogP contribution in [0.4, 0.5) is 5.69 Å². The fourth-order valence-electron chi connectivity index (χ4n) is 2.65. The van der Waals surface area contributed by atoms with Gasteiger partial charge < -0.3 is 19.4 Å². The van der Waals surface area contributed by atoms with Gasteiger partial charge >= 0.3 is 5.69 Å². The second-order valence-corrected chi connectivity index (χ2v) is 5.85. The van der Waals surface area contributed by atoms with Crippen LogP contribution in [0.3, 0.4) is 0 Å². The van der Waals surface area contributed by atoms with Crippen LogP contribution < -0.4 is 10.2 Å². The van der Waals surface area contributed by atoms with E-state index in [0.717, 1.165) is 12.6 Å². The lowest BCUT2D eigenvalue weighted by Gasteiger charge is -2.08. The molecular formula is C20H18NO6+. The first-order chi connectivity index (χ1) is 12.9. The van der Waals surface area contributed by atoms with Crippen LogP contribution in [0.15, 0.2) is 58.4 Å². The molecule has 2 aromatic carbocycles. The van der Waals surface area contributed by atoms with Crippen LogP contribution >= 0.6 is 0 Å². The fraction of sp³-hybridized carbons (Fsp3) is 0.150. The first-order valence-corrected chi connectivity index (χ1v) is 8.30. The van der Waals surface area contributed by atoms with Crippen molar-refractivity contribution < 1.29 is 24.1 Å². The van der Waals surface area contributed by atoms with Gasteiger partial charge in [0.2, 0.25) is 6.20 Å². The SMILES string of the molecule is C=C[N+](=O)c1ccc(-c2cc(=O)c3c(O)cc(OCCC)cc3o2)cc1O. The molecule has 0 saturated heterocycles. The van der Waals surface area contributed by atoms with Crippen LogP contribution in [-0.4, -0.2) is 21.6 Å². The average molecular weight is 368 g/mol. The van der Waals surface area contributed by atoms with Gasteiger partial charge in [0, 0.05) is 34.7 Å². The van der Waals surface area contributed by atoms with Crippen molar-refractivity contribution >= 4 is 16.7 Å². The molecule has 1 heterocycles. The number of hydrogen-bond donors (Lipinski definition) is 2. The summed E-state index contributed by atoms with van der Waals surface area (Å²) >= 11 is 0. The van der Waals surface area contributed by atoms with Crippen molar-refractivity contribution in [3.8, 4) is 28.6 Å². The van der Waals surface area contributed by atoms with Crippen LogP contribution in [0.5, 0.6) is 17.2 Å². The summed E-state index contributed by atoms with van der Waals surface area (Å²) in [6, 6.07) is 8.34. The van der Waals surface area contributed by atoms with Gasteiger partial charge in [0.25, 0.3) is 0 Å². The van der Waals surface area contributed by atoms with Crippen molar-refractivity contribution in [2.45, 2.75) is 13.3 Å². The van der Waals surface area contributed by atoms with Gasteiger partial charge in [-0.3, -0.25) is 4.79 Å². The van der Waals surface area contributed by atoms with E-state index in [-0.39, 0.29) is 33.9 Å². The van der Waals surface area contributed by atoms with E-state index in [9.17, 15) is 19.9 Å². The summed E-state index contributed by atoms with van der Waals surface area (Å²) in [6.07, 6.45) is 1.81. The first-order valence-electron chi connectivity index (χ1n) is 8.30. The number of phenolic OH excluding ortho intramolecular Hbond substituents is 2. The van der Waals surface area contributed by atoms with Gasteiger partial charge in [0.05, 0.1) is 11.4 Å². The van der Waals surface area contributed by atoms with E-state index >= 15 is 0 Å². The molecule has 0 amide bonds. The standard InChI is InChI=1S/C20H17NO6/c1-3-7-26-13-9-16(23)20-17(24)11-18(27-19(20)10-13)12-5-6-14(15(22)8-12)21(25)4-2/h4-6,8-11H,2-3,7H2,1H3,(H-,22,23,24,25)/p+1. The zero-order valence-electron chi connectivity index (χ0n) is 14.6. The lowest BCUT2D eigenvalue weighted by Crippen LogP contribution is -2.02. The van der Waals surface area contributed by atoms with Crippen LogP contribution in [0, 0.1) is 4.91 Å². The van der Waals surface area contributed by atoms with Gasteiger partial charge in [-0.25, -0.2) is 0 Å². The molecule has 1 aromatic heterocycles. The lowest BCUT2D eigenvalue weighted by atomic mass is 10.1. The summed E-state index contributed by atoms with van der Waals surface area (Å²) in [6.45, 7) is 5.76. The smallest absolute Gasteiger partial charge is 0.304 e. The molecule has 0 aliphatic carbocycles. The van der Waals surface area contributed by atoms with E-state index in [0.29, 0.717) is 22.7 Å².